The maximum absolute atomic E-state index is 13.4. The maximum atomic E-state index is 13.4. The number of aromatic hydroxyl groups is 1. The molecule has 0 aliphatic carbocycles. The van der Waals surface area contributed by atoms with Gasteiger partial charge in [-0.2, -0.15) is 0 Å². The summed E-state index contributed by atoms with van der Waals surface area (Å²) < 4.78 is 12.0. The minimum Gasteiger partial charge on any atom is -0.508 e. The van der Waals surface area contributed by atoms with E-state index in [0.29, 0.717) is 0 Å². The summed E-state index contributed by atoms with van der Waals surface area (Å²) in [6.45, 7) is 17.8. The highest BCUT2D eigenvalue weighted by atomic mass is 16.6. The van der Waals surface area contributed by atoms with E-state index in [1.54, 1.807) is 12.1 Å². The van der Waals surface area contributed by atoms with Crippen molar-refractivity contribution in [3.05, 3.63) is 41.7 Å². The van der Waals surface area contributed by atoms with Crippen LogP contribution in [0.15, 0.2) is 30.5 Å². The number of hydrogen-bond donors (Lipinski definition) is 1. The lowest BCUT2D eigenvalue weighted by atomic mass is 9.82. The molecular formula is C28H40N2O4. The molecule has 3 rings (SSSR count). The number of rotatable bonds is 6. The SMILES string of the molecule is Cc1ncc(-c2ccc(O)cc2)c(N2CCC(C)(C)CC2)c1[C@H](OC(C)(C)C)C(=O)OC(C)C. The van der Waals surface area contributed by atoms with Crippen LogP contribution in [0.4, 0.5) is 5.69 Å². The van der Waals surface area contributed by atoms with E-state index in [1.165, 1.54) is 0 Å². The van der Waals surface area contributed by atoms with Crippen LogP contribution < -0.4 is 4.90 Å². The molecule has 0 amide bonds. The number of aromatic nitrogens is 1. The number of esters is 1. The molecule has 1 atom stereocenters. The molecule has 2 heterocycles. The van der Waals surface area contributed by atoms with Gasteiger partial charge in [0.15, 0.2) is 6.10 Å². The lowest BCUT2D eigenvalue weighted by Crippen LogP contribution is -2.39. The lowest BCUT2D eigenvalue weighted by molar-refractivity contribution is -0.171. The molecule has 0 bridgehead atoms. The first kappa shape index (κ1) is 26.0. The van der Waals surface area contributed by atoms with Crippen molar-refractivity contribution in [3.8, 4) is 16.9 Å². The number of aryl methyl sites for hydroxylation is 1. The third-order valence-corrected chi connectivity index (χ3v) is 6.20. The Labute approximate surface area is 204 Å². The number of pyridine rings is 1. The van der Waals surface area contributed by atoms with Crippen LogP contribution >= 0.6 is 0 Å². The molecule has 0 radical (unpaired) electrons. The van der Waals surface area contributed by atoms with Crippen LogP contribution in [-0.4, -0.2) is 40.9 Å². The molecule has 0 saturated carbocycles. The lowest BCUT2D eigenvalue weighted by Gasteiger charge is -2.41. The first-order valence-electron chi connectivity index (χ1n) is 12.2. The quantitative estimate of drug-likeness (QED) is 0.509. The number of carbonyl (C=O) groups is 1. The Kier molecular flexibility index (Phi) is 7.61. The summed E-state index contributed by atoms with van der Waals surface area (Å²) in [5.41, 5.74) is 4.02. The Morgan fingerprint density at radius 1 is 1.12 bits per heavy atom. The van der Waals surface area contributed by atoms with Crippen molar-refractivity contribution >= 4 is 11.7 Å². The van der Waals surface area contributed by atoms with Gasteiger partial charge in [0.1, 0.15) is 5.75 Å². The second-order valence-corrected chi connectivity index (χ2v) is 11.3. The third kappa shape index (κ3) is 6.29. The van der Waals surface area contributed by atoms with E-state index in [-0.39, 0.29) is 17.3 Å². The van der Waals surface area contributed by atoms with Crippen LogP contribution in [0.25, 0.3) is 11.1 Å². The normalized spacial score (nSPS) is 17.0. The molecule has 2 aromatic rings. The molecule has 1 aliphatic heterocycles. The van der Waals surface area contributed by atoms with E-state index in [2.05, 4.69) is 18.7 Å². The van der Waals surface area contributed by atoms with Gasteiger partial charge in [-0.05, 0) is 77.5 Å². The van der Waals surface area contributed by atoms with Gasteiger partial charge < -0.3 is 19.5 Å². The molecule has 1 fully saturated rings. The zero-order valence-electron chi connectivity index (χ0n) is 21.9. The summed E-state index contributed by atoms with van der Waals surface area (Å²) >= 11 is 0. The molecule has 1 aliphatic rings. The van der Waals surface area contributed by atoms with Crippen molar-refractivity contribution in [1.82, 2.24) is 4.98 Å². The zero-order chi connectivity index (χ0) is 25.3. The number of ether oxygens (including phenoxy) is 2. The van der Waals surface area contributed by atoms with Gasteiger partial charge in [0.25, 0.3) is 0 Å². The predicted octanol–water partition coefficient (Wildman–Crippen LogP) is 6.20. The molecule has 0 unspecified atom stereocenters. The van der Waals surface area contributed by atoms with Crippen LogP contribution in [0.2, 0.25) is 0 Å². The standard InChI is InChI=1S/C28H40N2O4/c1-18(2)33-26(32)25(34-27(4,5)6)23-19(3)29-17-22(20-9-11-21(31)12-10-20)24(23)30-15-13-28(7,8)14-16-30/h9-12,17-18,25,31H,13-16H2,1-8H3/t25-/m0/s1. The Balaban J connectivity index is 2.23. The first-order chi connectivity index (χ1) is 15.8. The Hall–Kier alpha value is -2.60. The van der Waals surface area contributed by atoms with E-state index >= 15 is 0 Å². The van der Waals surface area contributed by atoms with Gasteiger partial charge in [0, 0.05) is 36.1 Å². The average Bonchev–Trinajstić information content (AvgIpc) is 2.72. The van der Waals surface area contributed by atoms with Crippen LogP contribution in [0, 0.1) is 12.3 Å². The molecular weight excluding hydrogens is 428 g/mol. The van der Waals surface area contributed by atoms with Gasteiger partial charge >= 0.3 is 5.97 Å². The van der Waals surface area contributed by atoms with Crippen molar-refractivity contribution < 1.29 is 19.4 Å². The van der Waals surface area contributed by atoms with Crippen molar-refractivity contribution in [3.63, 3.8) is 0 Å². The van der Waals surface area contributed by atoms with Crippen molar-refractivity contribution in [2.24, 2.45) is 5.41 Å². The van der Waals surface area contributed by atoms with Crippen LogP contribution in [-0.2, 0) is 14.3 Å². The first-order valence-corrected chi connectivity index (χ1v) is 12.2. The fraction of sp³-hybridized carbons (Fsp3) is 0.571. The van der Waals surface area contributed by atoms with Crippen LogP contribution in [0.5, 0.6) is 5.75 Å². The molecule has 1 aromatic heterocycles. The molecule has 1 N–H and O–H groups in total. The Morgan fingerprint density at radius 3 is 2.24 bits per heavy atom. The molecule has 1 saturated heterocycles. The summed E-state index contributed by atoms with van der Waals surface area (Å²) in [5.74, 6) is -0.198. The molecule has 6 nitrogen and oxygen atoms in total. The summed E-state index contributed by atoms with van der Waals surface area (Å²) in [6.07, 6.45) is 2.79. The molecule has 6 heteroatoms. The van der Waals surface area contributed by atoms with Gasteiger partial charge in [-0.1, -0.05) is 26.0 Å². The molecule has 34 heavy (non-hydrogen) atoms. The number of phenols is 1. The predicted molar refractivity (Wildman–Crippen MR) is 136 cm³/mol. The van der Waals surface area contributed by atoms with Gasteiger partial charge in [-0.15, -0.1) is 0 Å². The highest BCUT2D eigenvalue weighted by molar-refractivity contribution is 5.87. The van der Waals surface area contributed by atoms with Crippen molar-refractivity contribution in [2.75, 3.05) is 18.0 Å². The summed E-state index contributed by atoms with van der Waals surface area (Å²) in [6, 6.07) is 7.12. The zero-order valence-corrected chi connectivity index (χ0v) is 21.9. The average molecular weight is 469 g/mol. The van der Waals surface area contributed by atoms with Gasteiger partial charge in [-0.25, -0.2) is 4.79 Å². The highest BCUT2D eigenvalue weighted by Crippen LogP contribution is 2.43. The van der Waals surface area contributed by atoms with Gasteiger partial charge in [0.2, 0.25) is 0 Å². The monoisotopic (exact) mass is 468 g/mol. The van der Waals surface area contributed by atoms with E-state index < -0.39 is 17.7 Å². The fourth-order valence-corrected chi connectivity index (χ4v) is 4.32. The van der Waals surface area contributed by atoms with Gasteiger partial charge in [-0.3, -0.25) is 4.98 Å². The Bertz CT molecular complexity index is 996. The number of nitrogens with zero attached hydrogens (tertiary/aromatic N) is 2. The van der Waals surface area contributed by atoms with Crippen molar-refractivity contribution in [2.45, 2.75) is 86.0 Å². The molecule has 1 aromatic carbocycles. The number of hydrogen-bond acceptors (Lipinski definition) is 6. The molecule has 0 spiro atoms. The number of anilines is 1. The molecule has 186 valence electrons. The van der Waals surface area contributed by atoms with Crippen LogP contribution in [0.1, 0.15) is 78.7 Å². The van der Waals surface area contributed by atoms with E-state index in [0.717, 1.165) is 54.0 Å². The fourth-order valence-electron chi connectivity index (χ4n) is 4.32. The summed E-state index contributed by atoms with van der Waals surface area (Å²) in [7, 11) is 0. The second kappa shape index (κ2) is 9.95. The smallest absolute Gasteiger partial charge is 0.340 e. The van der Waals surface area contributed by atoms with Gasteiger partial charge in [0.05, 0.1) is 17.4 Å². The summed E-state index contributed by atoms with van der Waals surface area (Å²) in [4.78, 5) is 20.4. The van der Waals surface area contributed by atoms with Crippen LogP contribution in [0.3, 0.4) is 0 Å². The summed E-state index contributed by atoms with van der Waals surface area (Å²) in [5, 5.41) is 9.84. The van der Waals surface area contributed by atoms with E-state index in [1.807, 2.05) is 59.9 Å². The van der Waals surface area contributed by atoms with E-state index in [4.69, 9.17) is 14.5 Å². The second-order valence-electron chi connectivity index (χ2n) is 11.3. The minimum absolute atomic E-state index is 0.208. The van der Waals surface area contributed by atoms with E-state index in [9.17, 15) is 9.90 Å². The Morgan fingerprint density at radius 2 is 1.71 bits per heavy atom. The third-order valence-electron chi connectivity index (χ3n) is 6.20. The number of carbonyl (C=O) groups excluding carboxylic acids is 1. The van der Waals surface area contributed by atoms with Crippen molar-refractivity contribution in [1.29, 1.82) is 0 Å². The number of phenolic OH excluding ortho intramolecular Hbond substituents is 1. The maximum Gasteiger partial charge on any atom is 0.340 e. The number of benzene rings is 1. The number of piperidine rings is 1. The highest BCUT2D eigenvalue weighted by Gasteiger charge is 2.37. The largest absolute Gasteiger partial charge is 0.508 e. The topological polar surface area (TPSA) is 71.9 Å². The minimum atomic E-state index is -0.906.